The van der Waals surface area contributed by atoms with Crippen molar-refractivity contribution in [2.24, 2.45) is 12.5 Å². The molecule has 0 aromatic carbocycles. The minimum atomic E-state index is 0.402. The van der Waals surface area contributed by atoms with E-state index in [4.69, 9.17) is 0 Å². The molecule has 0 N–H and O–H groups in total. The number of anilines is 1. The molecule has 1 atom stereocenters. The van der Waals surface area contributed by atoms with Gasteiger partial charge in [0.1, 0.15) is 0 Å². The fourth-order valence-corrected chi connectivity index (χ4v) is 4.14. The first-order valence-electron chi connectivity index (χ1n) is 8.44. The molecule has 0 saturated carbocycles. The van der Waals surface area contributed by atoms with Gasteiger partial charge < -0.3 is 4.90 Å². The summed E-state index contributed by atoms with van der Waals surface area (Å²) in [5, 5.41) is 4.28. The Balaban J connectivity index is 1.42. The van der Waals surface area contributed by atoms with Gasteiger partial charge >= 0.3 is 0 Å². The number of likely N-dealkylation sites (tertiary alicyclic amines) is 1. The lowest BCUT2D eigenvalue weighted by Gasteiger charge is -2.40. The van der Waals surface area contributed by atoms with Crippen LogP contribution in [-0.4, -0.2) is 50.8 Å². The van der Waals surface area contributed by atoms with Crippen LogP contribution in [0.2, 0.25) is 0 Å². The summed E-state index contributed by atoms with van der Waals surface area (Å²) in [4.78, 5) is 13.8. The molecule has 0 unspecified atom stereocenters. The maximum Gasteiger partial charge on any atom is 0.225 e. The number of nitrogens with zero attached hydrogens (tertiary/aromatic N) is 6. The third-order valence-corrected chi connectivity index (χ3v) is 5.18. The van der Waals surface area contributed by atoms with Gasteiger partial charge in [0.15, 0.2) is 0 Å². The third kappa shape index (κ3) is 3.08. The smallest absolute Gasteiger partial charge is 0.225 e. The van der Waals surface area contributed by atoms with Gasteiger partial charge in [0, 0.05) is 62.8 Å². The van der Waals surface area contributed by atoms with Gasteiger partial charge in [-0.25, -0.2) is 9.97 Å². The van der Waals surface area contributed by atoms with Gasteiger partial charge in [-0.3, -0.25) is 9.58 Å². The molecule has 0 aliphatic carbocycles. The molecular formula is C17H24N6. The van der Waals surface area contributed by atoms with E-state index in [0.29, 0.717) is 5.41 Å². The Morgan fingerprint density at radius 1 is 1.13 bits per heavy atom. The standard InChI is InChI=1S/C17H24N6/c1-21-11-15(10-20-21)12-22-9-5-17(13-22)4-2-8-23(14-17)16-18-6-3-7-19-16/h3,6-7,10-11H,2,4-5,8-9,12-14H2,1H3/t17-/m1/s1. The molecule has 23 heavy (non-hydrogen) atoms. The van der Waals surface area contributed by atoms with E-state index in [9.17, 15) is 0 Å². The van der Waals surface area contributed by atoms with Gasteiger partial charge in [-0.15, -0.1) is 0 Å². The molecule has 2 aliphatic rings. The summed E-state index contributed by atoms with van der Waals surface area (Å²) in [6, 6.07) is 1.88. The first-order chi connectivity index (χ1) is 11.2. The Hall–Kier alpha value is -1.95. The highest BCUT2D eigenvalue weighted by Gasteiger charge is 2.41. The van der Waals surface area contributed by atoms with E-state index in [1.807, 2.05) is 36.4 Å². The summed E-state index contributed by atoms with van der Waals surface area (Å²) in [6.07, 6.45) is 11.6. The van der Waals surface area contributed by atoms with Crippen LogP contribution in [0.1, 0.15) is 24.8 Å². The Morgan fingerprint density at radius 3 is 2.78 bits per heavy atom. The van der Waals surface area contributed by atoms with Crippen molar-refractivity contribution in [3.05, 3.63) is 36.4 Å². The summed E-state index contributed by atoms with van der Waals surface area (Å²) in [5.74, 6) is 0.886. The number of rotatable bonds is 3. The molecule has 0 bridgehead atoms. The largest absolute Gasteiger partial charge is 0.340 e. The summed E-state index contributed by atoms with van der Waals surface area (Å²) in [6.45, 7) is 5.52. The molecule has 1 spiro atoms. The second-order valence-corrected chi connectivity index (χ2v) is 7.06. The van der Waals surface area contributed by atoms with Crippen molar-refractivity contribution in [1.29, 1.82) is 0 Å². The van der Waals surface area contributed by atoms with E-state index in [-0.39, 0.29) is 0 Å². The number of aromatic nitrogens is 4. The molecule has 4 heterocycles. The van der Waals surface area contributed by atoms with E-state index in [2.05, 4.69) is 31.1 Å². The topological polar surface area (TPSA) is 50.1 Å². The fourth-order valence-electron chi connectivity index (χ4n) is 4.14. The minimum absolute atomic E-state index is 0.402. The SMILES string of the molecule is Cn1cc(CN2CC[C@]3(CCCN(c4ncccn4)C3)C2)cn1. The molecular weight excluding hydrogens is 288 g/mol. The van der Waals surface area contributed by atoms with Crippen molar-refractivity contribution in [3.63, 3.8) is 0 Å². The Kier molecular flexibility index (Phi) is 3.77. The van der Waals surface area contributed by atoms with Crippen molar-refractivity contribution >= 4 is 5.95 Å². The monoisotopic (exact) mass is 312 g/mol. The van der Waals surface area contributed by atoms with Gasteiger partial charge in [0.25, 0.3) is 0 Å². The first kappa shape index (κ1) is 14.6. The molecule has 0 amide bonds. The summed E-state index contributed by atoms with van der Waals surface area (Å²) < 4.78 is 1.89. The van der Waals surface area contributed by atoms with E-state index in [1.165, 1.54) is 37.9 Å². The average molecular weight is 312 g/mol. The molecule has 2 aliphatic heterocycles. The zero-order valence-corrected chi connectivity index (χ0v) is 13.7. The van der Waals surface area contributed by atoms with Gasteiger partial charge in [0.2, 0.25) is 5.95 Å². The van der Waals surface area contributed by atoms with Crippen LogP contribution in [0.4, 0.5) is 5.95 Å². The number of aryl methyl sites for hydroxylation is 1. The maximum atomic E-state index is 4.44. The second kappa shape index (κ2) is 5.92. The summed E-state index contributed by atoms with van der Waals surface area (Å²) >= 11 is 0. The molecule has 4 rings (SSSR count). The zero-order chi connectivity index (χ0) is 15.7. The van der Waals surface area contributed by atoms with Crippen LogP contribution in [0.5, 0.6) is 0 Å². The lowest BCUT2D eigenvalue weighted by Crippen LogP contribution is -2.45. The fraction of sp³-hybridized carbons (Fsp3) is 0.588. The van der Waals surface area contributed by atoms with Gasteiger partial charge in [0.05, 0.1) is 6.20 Å². The van der Waals surface area contributed by atoms with Crippen molar-refractivity contribution < 1.29 is 0 Å². The molecule has 2 fully saturated rings. The molecule has 6 nitrogen and oxygen atoms in total. The van der Waals surface area contributed by atoms with Gasteiger partial charge in [-0.2, -0.15) is 5.10 Å². The Morgan fingerprint density at radius 2 is 2.00 bits per heavy atom. The van der Waals surface area contributed by atoms with Crippen LogP contribution < -0.4 is 4.90 Å². The van der Waals surface area contributed by atoms with Crippen LogP contribution in [0, 0.1) is 5.41 Å². The highest BCUT2D eigenvalue weighted by Crippen LogP contribution is 2.40. The van der Waals surface area contributed by atoms with Crippen molar-refractivity contribution in [1.82, 2.24) is 24.6 Å². The Labute approximate surface area is 137 Å². The van der Waals surface area contributed by atoms with E-state index in [0.717, 1.165) is 25.6 Å². The van der Waals surface area contributed by atoms with Crippen molar-refractivity contribution in [2.45, 2.75) is 25.8 Å². The third-order valence-electron chi connectivity index (χ3n) is 5.18. The Bertz CT molecular complexity index is 654. The highest BCUT2D eigenvalue weighted by molar-refractivity contribution is 5.30. The lowest BCUT2D eigenvalue weighted by atomic mass is 9.79. The minimum Gasteiger partial charge on any atom is -0.340 e. The highest BCUT2D eigenvalue weighted by atomic mass is 15.3. The molecule has 122 valence electrons. The predicted octanol–water partition coefficient (Wildman–Crippen LogP) is 1.70. The number of piperidine rings is 1. The van der Waals surface area contributed by atoms with Crippen molar-refractivity contribution in [3.8, 4) is 0 Å². The van der Waals surface area contributed by atoms with E-state index >= 15 is 0 Å². The predicted molar refractivity (Wildman–Crippen MR) is 89.0 cm³/mol. The van der Waals surface area contributed by atoms with Crippen LogP contribution in [0.15, 0.2) is 30.9 Å². The maximum absolute atomic E-state index is 4.44. The molecule has 2 aromatic rings. The van der Waals surface area contributed by atoms with Crippen LogP contribution >= 0.6 is 0 Å². The lowest BCUT2D eigenvalue weighted by molar-refractivity contribution is 0.215. The van der Waals surface area contributed by atoms with Gasteiger partial charge in [-0.1, -0.05) is 0 Å². The van der Waals surface area contributed by atoms with E-state index < -0.39 is 0 Å². The summed E-state index contributed by atoms with van der Waals surface area (Å²) in [5.41, 5.74) is 1.71. The van der Waals surface area contributed by atoms with Crippen LogP contribution in [-0.2, 0) is 13.6 Å². The number of hydrogen-bond donors (Lipinski definition) is 0. The zero-order valence-electron chi connectivity index (χ0n) is 13.7. The first-order valence-corrected chi connectivity index (χ1v) is 8.44. The number of hydrogen-bond acceptors (Lipinski definition) is 5. The normalized spacial score (nSPS) is 25.3. The molecule has 2 aromatic heterocycles. The quantitative estimate of drug-likeness (QED) is 0.863. The molecule has 0 radical (unpaired) electrons. The van der Waals surface area contributed by atoms with Crippen molar-refractivity contribution in [2.75, 3.05) is 31.1 Å². The average Bonchev–Trinajstić information content (AvgIpc) is 3.15. The van der Waals surface area contributed by atoms with E-state index in [1.54, 1.807) is 0 Å². The molecule has 6 heteroatoms. The van der Waals surface area contributed by atoms with Gasteiger partial charge in [-0.05, 0) is 31.9 Å². The molecule has 2 saturated heterocycles. The van der Waals surface area contributed by atoms with Crippen LogP contribution in [0.3, 0.4) is 0 Å². The second-order valence-electron chi connectivity index (χ2n) is 7.06. The summed E-state index contributed by atoms with van der Waals surface area (Å²) in [7, 11) is 1.98. The van der Waals surface area contributed by atoms with Crippen LogP contribution in [0.25, 0.3) is 0 Å².